The van der Waals surface area contributed by atoms with E-state index in [9.17, 15) is 0 Å². The number of thiazole rings is 1. The highest BCUT2D eigenvalue weighted by atomic mass is 33.1. The van der Waals surface area contributed by atoms with Gasteiger partial charge in [0.25, 0.3) is 0 Å². The van der Waals surface area contributed by atoms with Crippen molar-refractivity contribution in [2.75, 3.05) is 20.8 Å². The van der Waals surface area contributed by atoms with Crippen LogP contribution in [-0.2, 0) is 13.9 Å². The van der Waals surface area contributed by atoms with Gasteiger partial charge in [-0.05, 0) is 40.6 Å². The predicted molar refractivity (Wildman–Crippen MR) is 94.8 cm³/mol. The van der Waals surface area contributed by atoms with Crippen LogP contribution in [0.1, 0.15) is 6.92 Å². The number of hydrogen-bond donors (Lipinski definition) is 0. The van der Waals surface area contributed by atoms with Crippen LogP contribution in [0.4, 0.5) is 0 Å². The van der Waals surface area contributed by atoms with Crippen LogP contribution in [-0.4, -0.2) is 40.7 Å². The maximum absolute atomic E-state index is 5.58. The van der Waals surface area contributed by atoms with Crippen molar-refractivity contribution in [2.24, 2.45) is 0 Å². The van der Waals surface area contributed by atoms with E-state index in [4.69, 9.17) is 13.9 Å². The Morgan fingerprint density at radius 2 is 2.05 bits per heavy atom. The summed E-state index contributed by atoms with van der Waals surface area (Å²) in [6.45, 7) is 2.77. The Balaban J connectivity index is 2.00. The van der Waals surface area contributed by atoms with Crippen LogP contribution in [0.5, 0.6) is 0 Å². The molecule has 2 rings (SSSR count). The van der Waals surface area contributed by atoms with Gasteiger partial charge in [-0.1, -0.05) is 12.1 Å². The summed E-state index contributed by atoms with van der Waals surface area (Å²) in [5.41, 5.74) is 1.04. The topological polar surface area (TPSA) is 40.6 Å². The van der Waals surface area contributed by atoms with Gasteiger partial charge < -0.3 is 13.9 Å². The van der Waals surface area contributed by atoms with E-state index in [0.29, 0.717) is 0 Å². The van der Waals surface area contributed by atoms with E-state index < -0.39 is 14.9 Å². The quantitative estimate of drug-likeness (QED) is 0.295. The standard InChI is InChI=1S/C13H19NO3S3Si/c1-4-17-21-9-13(15-2,16-3)20-19-12-14-10-7-5-6-8-11(10)18-12/h5-8H,4,9,21H2,1-3H3. The van der Waals surface area contributed by atoms with E-state index in [1.54, 1.807) is 47.1 Å². The molecule has 0 N–H and O–H groups in total. The van der Waals surface area contributed by atoms with Gasteiger partial charge in [0.05, 0.1) is 10.2 Å². The molecule has 0 unspecified atom stereocenters. The van der Waals surface area contributed by atoms with Gasteiger partial charge in [-0.25, -0.2) is 4.98 Å². The van der Waals surface area contributed by atoms with Crippen molar-refractivity contribution in [2.45, 2.75) is 22.4 Å². The van der Waals surface area contributed by atoms with E-state index in [1.807, 2.05) is 25.1 Å². The molecule has 0 saturated heterocycles. The molecule has 116 valence electrons. The van der Waals surface area contributed by atoms with Crippen molar-refractivity contribution in [1.29, 1.82) is 0 Å². The number of nitrogens with zero attached hydrogens (tertiary/aromatic N) is 1. The molecule has 1 aromatic heterocycles. The second-order valence-electron chi connectivity index (χ2n) is 4.15. The van der Waals surface area contributed by atoms with Crippen molar-refractivity contribution in [3.8, 4) is 0 Å². The highest BCUT2D eigenvalue weighted by molar-refractivity contribution is 8.77. The van der Waals surface area contributed by atoms with Crippen molar-refractivity contribution in [3.05, 3.63) is 24.3 Å². The van der Waals surface area contributed by atoms with Gasteiger partial charge in [-0.15, -0.1) is 11.3 Å². The zero-order chi connectivity index (χ0) is 15.1. The Labute approximate surface area is 139 Å². The van der Waals surface area contributed by atoms with Gasteiger partial charge in [0.2, 0.25) is 5.12 Å². The number of hydrogen-bond acceptors (Lipinski definition) is 7. The first-order valence-corrected chi connectivity index (χ1v) is 11.2. The summed E-state index contributed by atoms with van der Waals surface area (Å²) in [5.74, 6) is 0. The lowest BCUT2D eigenvalue weighted by molar-refractivity contribution is -0.119. The van der Waals surface area contributed by atoms with E-state index >= 15 is 0 Å². The monoisotopic (exact) mass is 361 g/mol. The first-order chi connectivity index (χ1) is 10.2. The summed E-state index contributed by atoms with van der Waals surface area (Å²) < 4.78 is 18.9. The Kier molecular flexibility index (Phi) is 7.00. The van der Waals surface area contributed by atoms with Crippen molar-refractivity contribution in [1.82, 2.24) is 4.98 Å². The third-order valence-electron chi connectivity index (χ3n) is 2.89. The molecule has 0 atom stereocenters. The fraction of sp³-hybridized carbons (Fsp3) is 0.462. The largest absolute Gasteiger partial charge is 0.424 e. The molecule has 21 heavy (non-hydrogen) atoms. The highest BCUT2D eigenvalue weighted by Gasteiger charge is 2.31. The number of para-hydroxylation sites is 1. The summed E-state index contributed by atoms with van der Waals surface area (Å²) in [5, 5.41) is -0.649. The third kappa shape index (κ3) is 4.69. The van der Waals surface area contributed by atoms with Crippen LogP contribution in [0.15, 0.2) is 28.6 Å². The molecule has 0 bridgehead atoms. The van der Waals surface area contributed by atoms with Crippen LogP contribution in [0, 0.1) is 0 Å². The summed E-state index contributed by atoms with van der Waals surface area (Å²) in [6, 6.07) is 8.96. The average molecular weight is 362 g/mol. The number of rotatable bonds is 9. The molecule has 0 radical (unpaired) electrons. The van der Waals surface area contributed by atoms with Gasteiger partial charge in [0.15, 0.2) is 14.1 Å². The highest BCUT2D eigenvalue weighted by Crippen LogP contribution is 2.46. The van der Waals surface area contributed by atoms with Gasteiger partial charge in [-0.3, -0.25) is 0 Å². The Bertz CT molecular complexity index is 529. The Hall–Kier alpha value is -0.0931. The lowest BCUT2D eigenvalue weighted by Crippen LogP contribution is -2.30. The van der Waals surface area contributed by atoms with Gasteiger partial charge >= 0.3 is 0 Å². The fourth-order valence-electron chi connectivity index (χ4n) is 1.72. The minimum Gasteiger partial charge on any atom is -0.424 e. The summed E-state index contributed by atoms with van der Waals surface area (Å²) in [6.07, 6.45) is 0. The summed E-state index contributed by atoms with van der Waals surface area (Å²) >= 11 is 1.69. The Morgan fingerprint density at radius 3 is 2.71 bits per heavy atom. The van der Waals surface area contributed by atoms with Crippen molar-refractivity contribution < 1.29 is 13.9 Å². The van der Waals surface area contributed by atoms with Crippen LogP contribution in [0.2, 0.25) is 6.04 Å². The molecule has 0 saturated carbocycles. The van der Waals surface area contributed by atoms with Crippen LogP contribution < -0.4 is 0 Å². The predicted octanol–water partition coefficient (Wildman–Crippen LogP) is 3.52. The maximum atomic E-state index is 5.58. The molecule has 0 amide bonds. The van der Waals surface area contributed by atoms with Crippen LogP contribution in [0.3, 0.4) is 0 Å². The molecule has 0 aliphatic heterocycles. The molecule has 4 nitrogen and oxygen atoms in total. The van der Waals surface area contributed by atoms with Crippen LogP contribution in [0.25, 0.3) is 10.2 Å². The SMILES string of the molecule is CCO[SiH2]CC(OC)(OC)SSc1nc2ccccc2s1. The molecule has 1 heterocycles. The fourth-order valence-corrected chi connectivity index (χ4v) is 7.45. The first-order valence-electron chi connectivity index (χ1n) is 6.62. The summed E-state index contributed by atoms with van der Waals surface area (Å²) in [7, 11) is 5.88. The lowest BCUT2D eigenvalue weighted by Gasteiger charge is -2.28. The van der Waals surface area contributed by atoms with Crippen molar-refractivity contribution >= 4 is 52.9 Å². The van der Waals surface area contributed by atoms with E-state index in [-0.39, 0.29) is 0 Å². The average Bonchev–Trinajstić information content (AvgIpc) is 2.94. The van der Waals surface area contributed by atoms with Gasteiger partial charge in [0.1, 0.15) is 0 Å². The zero-order valence-corrected chi connectivity index (χ0v) is 16.2. The molecular weight excluding hydrogens is 342 g/mol. The number of methoxy groups -OCH3 is 2. The molecule has 2 aromatic rings. The smallest absolute Gasteiger partial charge is 0.227 e. The molecule has 0 spiro atoms. The third-order valence-corrected chi connectivity index (χ3v) is 9.06. The molecule has 0 aliphatic carbocycles. The zero-order valence-electron chi connectivity index (χ0n) is 12.3. The molecule has 1 aromatic carbocycles. The Morgan fingerprint density at radius 1 is 1.29 bits per heavy atom. The normalized spacial score (nSPS) is 12.7. The maximum Gasteiger partial charge on any atom is 0.227 e. The first kappa shape index (κ1) is 17.3. The summed E-state index contributed by atoms with van der Waals surface area (Å²) in [4.78, 5) is 4.61. The van der Waals surface area contributed by atoms with E-state index in [2.05, 4.69) is 11.1 Å². The second-order valence-corrected chi connectivity index (χ2v) is 9.10. The number of fused-ring (bicyclic) bond motifs is 1. The molecular formula is C13H19NO3S3Si. The van der Waals surface area contributed by atoms with E-state index in [1.165, 1.54) is 4.70 Å². The molecule has 8 heteroatoms. The van der Waals surface area contributed by atoms with Crippen LogP contribution >= 0.6 is 32.9 Å². The van der Waals surface area contributed by atoms with Gasteiger partial charge in [-0.2, -0.15) is 0 Å². The minimum absolute atomic E-state index is 0.640. The minimum atomic E-state index is -0.649. The lowest BCUT2D eigenvalue weighted by atomic mass is 10.3. The molecule has 0 aliphatic rings. The van der Waals surface area contributed by atoms with Gasteiger partial charge in [0, 0.05) is 26.9 Å². The number of ether oxygens (including phenoxy) is 2. The molecule has 0 fully saturated rings. The number of aromatic nitrogens is 1. The van der Waals surface area contributed by atoms with Crippen molar-refractivity contribution in [3.63, 3.8) is 0 Å². The number of benzene rings is 1. The second kappa shape index (κ2) is 8.52. The van der Waals surface area contributed by atoms with E-state index in [0.717, 1.165) is 22.5 Å².